The van der Waals surface area contributed by atoms with Gasteiger partial charge in [-0.3, -0.25) is 9.59 Å². The molecule has 0 atom stereocenters. The predicted octanol–water partition coefficient (Wildman–Crippen LogP) is 0.644. The lowest BCUT2D eigenvalue weighted by atomic mass is 10.1. The van der Waals surface area contributed by atoms with Crippen molar-refractivity contribution in [1.29, 1.82) is 0 Å². The highest BCUT2D eigenvalue weighted by molar-refractivity contribution is 5.85. The number of amides is 2. The molecule has 1 aromatic rings. The Labute approximate surface area is 119 Å². The predicted molar refractivity (Wildman–Crippen MR) is 78.7 cm³/mol. The maximum absolute atomic E-state index is 12.0. The summed E-state index contributed by atoms with van der Waals surface area (Å²) >= 11 is 0. The SMILES string of the molecule is CN(C)c1ccc(CCC(=O)N2CCNC(=O)C2)cc1. The van der Waals surface area contributed by atoms with E-state index in [4.69, 9.17) is 0 Å². The van der Waals surface area contributed by atoms with Crippen molar-refractivity contribution < 1.29 is 9.59 Å². The monoisotopic (exact) mass is 275 g/mol. The van der Waals surface area contributed by atoms with E-state index in [0.29, 0.717) is 25.9 Å². The van der Waals surface area contributed by atoms with Gasteiger partial charge in [-0.05, 0) is 24.1 Å². The van der Waals surface area contributed by atoms with Crippen molar-refractivity contribution in [1.82, 2.24) is 10.2 Å². The van der Waals surface area contributed by atoms with Gasteiger partial charge in [0.25, 0.3) is 0 Å². The average Bonchev–Trinajstić information content (AvgIpc) is 2.45. The molecule has 5 nitrogen and oxygen atoms in total. The van der Waals surface area contributed by atoms with Gasteiger partial charge in [-0.2, -0.15) is 0 Å². The highest BCUT2D eigenvalue weighted by Gasteiger charge is 2.20. The molecule has 0 unspecified atom stereocenters. The molecular weight excluding hydrogens is 254 g/mol. The Bertz CT molecular complexity index is 482. The standard InChI is InChI=1S/C15H21N3O2/c1-17(2)13-6-3-12(4-7-13)5-8-15(20)18-10-9-16-14(19)11-18/h3-4,6-7H,5,8-11H2,1-2H3,(H,16,19). The quantitative estimate of drug-likeness (QED) is 0.877. The van der Waals surface area contributed by atoms with E-state index >= 15 is 0 Å². The normalized spacial score (nSPS) is 14.9. The zero-order valence-corrected chi connectivity index (χ0v) is 12.1. The van der Waals surface area contributed by atoms with Gasteiger partial charge in [0.1, 0.15) is 0 Å². The second kappa shape index (κ2) is 6.41. The summed E-state index contributed by atoms with van der Waals surface area (Å²) in [5.74, 6) is -0.0172. The summed E-state index contributed by atoms with van der Waals surface area (Å²) < 4.78 is 0. The highest BCUT2D eigenvalue weighted by atomic mass is 16.2. The van der Waals surface area contributed by atoms with Crippen molar-refractivity contribution in [3.05, 3.63) is 29.8 Å². The molecule has 0 aliphatic carbocycles. The van der Waals surface area contributed by atoms with Gasteiger partial charge in [-0.1, -0.05) is 12.1 Å². The Balaban J connectivity index is 1.85. The molecule has 0 spiro atoms. The van der Waals surface area contributed by atoms with Gasteiger partial charge in [-0.25, -0.2) is 0 Å². The lowest BCUT2D eigenvalue weighted by Crippen LogP contribution is -2.50. The lowest BCUT2D eigenvalue weighted by molar-refractivity contribution is -0.138. The van der Waals surface area contributed by atoms with Crippen LogP contribution in [0.1, 0.15) is 12.0 Å². The van der Waals surface area contributed by atoms with Crippen LogP contribution >= 0.6 is 0 Å². The first-order valence-corrected chi connectivity index (χ1v) is 6.87. The Morgan fingerprint density at radius 3 is 2.60 bits per heavy atom. The summed E-state index contributed by atoms with van der Waals surface area (Å²) in [5, 5.41) is 2.72. The molecule has 0 radical (unpaired) electrons. The van der Waals surface area contributed by atoms with Crippen molar-refractivity contribution in [2.75, 3.05) is 38.6 Å². The van der Waals surface area contributed by atoms with E-state index in [0.717, 1.165) is 11.3 Å². The Morgan fingerprint density at radius 2 is 2.00 bits per heavy atom. The molecule has 1 fully saturated rings. The molecule has 5 heteroatoms. The topological polar surface area (TPSA) is 52.7 Å². The maximum atomic E-state index is 12.0. The lowest BCUT2D eigenvalue weighted by Gasteiger charge is -2.26. The number of carbonyl (C=O) groups excluding carboxylic acids is 2. The molecule has 1 aromatic carbocycles. The third-order valence-corrected chi connectivity index (χ3v) is 3.47. The van der Waals surface area contributed by atoms with Crippen LogP contribution in [0.3, 0.4) is 0 Å². The smallest absolute Gasteiger partial charge is 0.239 e. The van der Waals surface area contributed by atoms with Crippen molar-refractivity contribution in [3.8, 4) is 0 Å². The fourth-order valence-electron chi connectivity index (χ4n) is 2.22. The van der Waals surface area contributed by atoms with E-state index < -0.39 is 0 Å². The third-order valence-electron chi connectivity index (χ3n) is 3.47. The second-order valence-corrected chi connectivity index (χ2v) is 5.23. The van der Waals surface area contributed by atoms with Crippen LogP contribution in [0, 0.1) is 0 Å². The molecule has 1 heterocycles. The number of hydrogen-bond acceptors (Lipinski definition) is 3. The van der Waals surface area contributed by atoms with Gasteiger partial charge in [0.05, 0.1) is 6.54 Å². The summed E-state index contributed by atoms with van der Waals surface area (Å²) in [4.78, 5) is 26.9. The summed E-state index contributed by atoms with van der Waals surface area (Å²) in [5.41, 5.74) is 2.29. The van der Waals surface area contributed by atoms with Crippen molar-refractivity contribution in [3.63, 3.8) is 0 Å². The Kier molecular flexibility index (Phi) is 4.61. The number of piperazine rings is 1. The van der Waals surface area contributed by atoms with Crippen molar-refractivity contribution in [2.24, 2.45) is 0 Å². The number of benzene rings is 1. The summed E-state index contributed by atoms with van der Waals surface area (Å²) in [6, 6.07) is 8.19. The molecule has 2 amide bonds. The van der Waals surface area contributed by atoms with E-state index in [1.165, 1.54) is 0 Å². The molecule has 108 valence electrons. The Morgan fingerprint density at radius 1 is 1.30 bits per heavy atom. The number of anilines is 1. The molecule has 2 rings (SSSR count). The minimum absolute atomic E-state index is 0.0523. The van der Waals surface area contributed by atoms with Crippen LogP contribution in [-0.2, 0) is 16.0 Å². The number of hydrogen-bond donors (Lipinski definition) is 1. The van der Waals surface area contributed by atoms with Gasteiger partial charge >= 0.3 is 0 Å². The molecular formula is C15H21N3O2. The largest absolute Gasteiger partial charge is 0.378 e. The first-order chi connectivity index (χ1) is 9.56. The molecule has 1 N–H and O–H groups in total. The third kappa shape index (κ3) is 3.73. The number of rotatable bonds is 4. The molecule has 20 heavy (non-hydrogen) atoms. The van der Waals surface area contributed by atoms with Gasteiger partial charge in [0.2, 0.25) is 11.8 Å². The van der Waals surface area contributed by atoms with E-state index in [1.54, 1.807) is 4.90 Å². The van der Waals surface area contributed by atoms with Crippen LogP contribution in [0.15, 0.2) is 24.3 Å². The van der Waals surface area contributed by atoms with Crippen LogP contribution in [0.4, 0.5) is 5.69 Å². The van der Waals surface area contributed by atoms with Gasteiger partial charge < -0.3 is 15.1 Å². The molecule has 0 aromatic heterocycles. The summed E-state index contributed by atoms with van der Waals surface area (Å²) in [7, 11) is 4.00. The fraction of sp³-hybridized carbons (Fsp3) is 0.467. The van der Waals surface area contributed by atoms with Crippen molar-refractivity contribution in [2.45, 2.75) is 12.8 Å². The van der Waals surface area contributed by atoms with Gasteiger partial charge in [0, 0.05) is 39.3 Å². The van der Waals surface area contributed by atoms with Crippen LogP contribution in [-0.4, -0.2) is 50.4 Å². The maximum Gasteiger partial charge on any atom is 0.239 e. The number of nitrogens with one attached hydrogen (secondary N) is 1. The van der Waals surface area contributed by atoms with Gasteiger partial charge in [0.15, 0.2) is 0 Å². The van der Waals surface area contributed by atoms with E-state index in [2.05, 4.69) is 5.32 Å². The van der Waals surface area contributed by atoms with Crippen LogP contribution in [0.5, 0.6) is 0 Å². The number of carbonyl (C=O) groups is 2. The number of nitrogens with zero attached hydrogens (tertiary/aromatic N) is 2. The molecule has 0 bridgehead atoms. The fourth-order valence-corrected chi connectivity index (χ4v) is 2.22. The van der Waals surface area contributed by atoms with E-state index in [-0.39, 0.29) is 18.4 Å². The van der Waals surface area contributed by atoms with Crippen LogP contribution in [0.25, 0.3) is 0 Å². The molecule has 0 saturated carbocycles. The average molecular weight is 275 g/mol. The second-order valence-electron chi connectivity index (χ2n) is 5.23. The first-order valence-electron chi connectivity index (χ1n) is 6.87. The molecule has 1 aliphatic rings. The minimum Gasteiger partial charge on any atom is -0.378 e. The Hall–Kier alpha value is -2.04. The molecule has 1 saturated heterocycles. The van der Waals surface area contributed by atoms with Crippen molar-refractivity contribution >= 4 is 17.5 Å². The highest BCUT2D eigenvalue weighted by Crippen LogP contribution is 2.14. The van der Waals surface area contributed by atoms with E-state index in [9.17, 15) is 9.59 Å². The molecule has 1 aliphatic heterocycles. The first kappa shape index (κ1) is 14.4. The zero-order chi connectivity index (χ0) is 14.5. The minimum atomic E-state index is -0.0695. The zero-order valence-electron chi connectivity index (χ0n) is 12.1. The van der Waals surface area contributed by atoms with E-state index in [1.807, 2.05) is 43.3 Å². The van der Waals surface area contributed by atoms with Crippen LogP contribution in [0.2, 0.25) is 0 Å². The van der Waals surface area contributed by atoms with Gasteiger partial charge in [-0.15, -0.1) is 0 Å². The van der Waals surface area contributed by atoms with Crippen LogP contribution < -0.4 is 10.2 Å². The number of aryl methyl sites for hydroxylation is 1. The summed E-state index contributed by atoms with van der Waals surface area (Å²) in [6.07, 6.45) is 1.17. The summed E-state index contributed by atoms with van der Waals surface area (Å²) in [6.45, 7) is 1.37.